The topological polar surface area (TPSA) is 41.5 Å². The Hall–Kier alpha value is -2.42. The Bertz CT molecular complexity index is 630. The highest BCUT2D eigenvalue weighted by Crippen LogP contribution is 2.19. The molecule has 2 rings (SSSR count). The van der Waals surface area contributed by atoms with Gasteiger partial charge in [0.2, 0.25) is 0 Å². The van der Waals surface area contributed by atoms with Gasteiger partial charge in [-0.2, -0.15) is 5.10 Å². The van der Waals surface area contributed by atoms with E-state index in [-0.39, 0.29) is 5.91 Å². The maximum atomic E-state index is 12.1. The first kappa shape index (κ1) is 16.0. The second kappa shape index (κ2) is 8.13. The van der Waals surface area contributed by atoms with E-state index in [0.717, 1.165) is 36.1 Å². The van der Waals surface area contributed by atoms with Crippen molar-refractivity contribution in [2.75, 3.05) is 0 Å². The average Bonchev–Trinajstić information content (AvgIpc) is 2.58. The van der Waals surface area contributed by atoms with Crippen LogP contribution < -0.4 is 5.43 Å². The van der Waals surface area contributed by atoms with Crippen LogP contribution in [0.25, 0.3) is 11.1 Å². The van der Waals surface area contributed by atoms with Crippen molar-refractivity contribution in [3.63, 3.8) is 0 Å². The van der Waals surface area contributed by atoms with E-state index in [0.29, 0.717) is 5.56 Å². The van der Waals surface area contributed by atoms with Crippen LogP contribution in [0.5, 0.6) is 0 Å². The van der Waals surface area contributed by atoms with Gasteiger partial charge in [-0.25, -0.2) is 5.43 Å². The third-order valence-electron chi connectivity index (χ3n) is 3.49. The van der Waals surface area contributed by atoms with Crippen LogP contribution >= 0.6 is 0 Å². The third-order valence-corrected chi connectivity index (χ3v) is 3.49. The van der Waals surface area contributed by atoms with Gasteiger partial charge in [-0.15, -0.1) is 0 Å². The molecule has 0 unspecified atom stereocenters. The molecule has 0 spiro atoms. The molecule has 0 heterocycles. The molecule has 0 aliphatic heterocycles. The Morgan fingerprint density at radius 3 is 2.27 bits per heavy atom. The molecule has 0 aliphatic carbocycles. The third kappa shape index (κ3) is 4.55. The van der Waals surface area contributed by atoms with Crippen LogP contribution in [0.4, 0.5) is 0 Å². The number of hydrogen-bond acceptors (Lipinski definition) is 2. The van der Waals surface area contributed by atoms with E-state index in [4.69, 9.17) is 0 Å². The SMILES string of the molecule is CCCC/C(C)=N/NC(=O)c1ccc(-c2ccccc2)cc1. The second-order valence-electron chi connectivity index (χ2n) is 5.33. The lowest BCUT2D eigenvalue weighted by Crippen LogP contribution is -2.18. The van der Waals surface area contributed by atoms with Gasteiger partial charge in [-0.05, 0) is 43.0 Å². The highest BCUT2D eigenvalue weighted by atomic mass is 16.2. The summed E-state index contributed by atoms with van der Waals surface area (Å²) in [6, 6.07) is 17.7. The van der Waals surface area contributed by atoms with Gasteiger partial charge in [0.05, 0.1) is 0 Å². The van der Waals surface area contributed by atoms with Crippen molar-refractivity contribution in [2.45, 2.75) is 33.1 Å². The summed E-state index contributed by atoms with van der Waals surface area (Å²) in [5.74, 6) is -0.171. The van der Waals surface area contributed by atoms with Gasteiger partial charge in [0, 0.05) is 11.3 Å². The Balaban J connectivity index is 2.00. The predicted octanol–water partition coefficient (Wildman–Crippen LogP) is 4.65. The quantitative estimate of drug-likeness (QED) is 0.611. The van der Waals surface area contributed by atoms with Crippen molar-refractivity contribution in [1.29, 1.82) is 0 Å². The molecule has 22 heavy (non-hydrogen) atoms. The minimum atomic E-state index is -0.171. The van der Waals surface area contributed by atoms with Crippen LogP contribution in [0.2, 0.25) is 0 Å². The van der Waals surface area contributed by atoms with Gasteiger partial charge in [0.1, 0.15) is 0 Å². The number of benzene rings is 2. The van der Waals surface area contributed by atoms with Crippen LogP contribution in [0, 0.1) is 0 Å². The number of hydrazone groups is 1. The molecule has 0 aromatic heterocycles. The Morgan fingerprint density at radius 1 is 1.00 bits per heavy atom. The molecular weight excluding hydrogens is 272 g/mol. The number of nitrogens with zero attached hydrogens (tertiary/aromatic N) is 1. The lowest BCUT2D eigenvalue weighted by molar-refractivity contribution is 0.0954. The molecule has 2 aromatic rings. The first-order valence-corrected chi connectivity index (χ1v) is 7.69. The Morgan fingerprint density at radius 2 is 1.64 bits per heavy atom. The van der Waals surface area contributed by atoms with Crippen LogP contribution in [0.1, 0.15) is 43.5 Å². The molecule has 1 amide bonds. The number of rotatable bonds is 6. The standard InChI is InChI=1S/C19H22N2O/c1-3-4-8-15(2)20-21-19(22)18-13-11-17(12-14-18)16-9-6-5-7-10-16/h5-7,9-14H,3-4,8H2,1-2H3,(H,21,22)/b20-15+. The highest BCUT2D eigenvalue weighted by molar-refractivity contribution is 5.95. The first-order chi connectivity index (χ1) is 10.7. The maximum Gasteiger partial charge on any atom is 0.271 e. The normalized spacial score (nSPS) is 11.3. The number of carbonyl (C=O) groups is 1. The van der Waals surface area contributed by atoms with E-state index in [1.165, 1.54) is 0 Å². The summed E-state index contributed by atoms with van der Waals surface area (Å²) in [5.41, 5.74) is 6.43. The molecule has 3 nitrogen and oxygen atoms in total. The molecule has 0 aliphatic rings. The van der Waals surface area contributed by atoms with Gasteiger partial charge in [-0.3, -0.25) is 4.79 Å². The van der Waals surface area contributed by atoms with Crippen molar-refractivity contribution in [3.8, 4) is 11.1 Å². The molecular formula is C19H22N2O. The predicted molar refractivity (Wildman–Crippen MR) is 92.0 cm³/mol. The Labute approximate surface area is 132 Å². The molecule has 0 fully saturated rings. The maximum absolute atomic E-state index is 12.1. The molecule has 0 bridgehead atoms. The van der Waals surface area contributed by atoms with Crippen molar-refractivity contribution in [2.24, 2.45) is 5.10 Å². The lowest BCUT2D eigenvalue weighted by Gasteiger charge is -2.04. The summed E-state index contributed by atoms with van der Waals surface area (Å²) in [7, 11) is 0. The van der Waals surface area contributed by atoms with Crippen molar-refractivity contribution in [3.05, 3.63) is 60.2 Å². The van der Waals surface area contributed by atoms with Gasteiger partial charge in [0.25, 0.3) is 5.91 Å². The number of unbranched alkanes of at least 4 members (excludes halogenated alkanes) is 1. The largest absolute Gasteiger partial charge is 0.271 e. The van der Waals surface area contributed by atoms with E-state index < -0.39 is 0 Å². The molecule has 0 saturated heterocycles. The number of nitrogens with one attached hydrogen (secondary N) is 1. The smallest absolute Gasteiger partial charge is 0.267 e. The summed E-state index contributed by atoms with van der Waals surface area (Å²) in [4.78, 5) is 12.1. The van der Waals surface area contributed by atoms with Gasteiger partial charge < -0.3 is 0 Å². The van der Waals surface area contributed by atoms with Crippen LogP contribution in [-0.4, -0.2) is 11.6 Å². The fourth-order valence-electron chi connectivity index (χ4n) is 2.14. The molecule has 0 saturated carbocycles. The summed E-state index contributed by atoms with van der Waals surface area (Å²) in [6.07, 6.45) is 3.14. The summed E-state index contributed by atoms with van der Waals surface area (Å²) in [6.45, 7) is 4.08. The molecule has 3 heteroatoms. The Kier molecular flexibility index (Phi) is 5.90. The van der Waals surface area contributed by atoms with Gasteiger partial charge in [-0.1, -0.05) is 55.8 Å². The summed E-state index contributed by atoms with van der Waals surface area (Å²) < 4.78 is 0. The highest BCUT2D eigenvalue weighted by Gasteiger charge is 2.05. The zero-order chi connectivity index (χ0) is 15.8. The fraction of sp³-hybridized carbons (Fsp3) is 0.263. The average molecular weight is 294 g/mol. The van der Waals surface area contributed by atoms with Crippen molar-refractivity contribution < 1.29 is 4.79 Å². The van der Waals surface area contributed by atoms with Crippen LogP contribution in [0.3, 0.4) is 0 Å². The van der Waals surface area contributed by atoms with Crippen LogP contribution in [-0.2, 0) is 0 Å². The number of hydrogen-bond donors (Lipinski definition) is 1. The van der Waals surface area contributed by atoms with E-state index in [2.05, 4.69) is 29.6 Å². The number of carbonyl (C=O) groups excluding carboxylic acids is 1. The van der Waals surface area contributed by atoms with E-state index in [9.17, 15) is 4.79 Å². The minimum absolute atomic E-state index is 0.171. The van der Waals surface area contributed by atoms with E-state index >= 15 is 0 Å². The minimum Gasteiger partial charge on any atom is -0.267 e. The monoisotopic (exact) mass is 294 g/mol. The summed E-state index contributed by atoms with van der Waals surface area (Å²) in [5, 5.41) is 4.14. The lowest BCUT2D eigenvalue weighted by atomic mass is 10.0. The number of amides is 1. The fourth-order valence-corrected chi connectivity index (χ4v) is 2.14. The van der Waals surface area contributed by atoms with E-state index in [1.807, 2.05) is 49.4 Å². The zero-order valence-corrected chi connectivity index (χ0v) is 13.2. The van der Waals surface area contributed by atoms with Gasteiger partial charge >= 0.3 is 0 Å². The van der Waals surface area contributed by atoms with Gasteiger partial charge in [0.15, 0.2) is 0 Å². The molecule has 0 atom stereocenters. The summed E-state index contributed by atoms with van der Waals surface area (Å²) >= 11 is 0. The van der Waals surface area contributed by atoms with E-state index in [1.54, 1.807) is 0 Å². The molecule has 2 aromatic carbocycles. The molecule has 0 radical (unpaired) electrons. The molecule has 1 N–H and O–H groups in total. The second-order valence-corrected chi connectivity index (χ2v) is 5.33. The van der Waals surface area contributed by atoms with Crippen molar-refractivity contribution in [1.82, 2.24) is 5.43 Å². The van der Waals surface area contributed by atoms with Crippen LogP contribution in [0.15, 0.2) is 59.7 Å². The molecule has 114 valence electrons. The zero-order valence-electron chi connectivity index (χ0n) is 13.2. The van der Waals surface area contributed by atoms with Crippen molar-refractivity contribution >= 4 is 11.6 Å². The first-order valence-electron chi connectivity index (χ1n) is 7.69.